The Kier molecular flexibility index (Phi) is 11.0. The molecule has 0 spiro atoms. The van der Waals surface area contributed by atoms with Crippen LogP contribution in [-0.4, -0.2) is 81.7 Å². The van der Waals surface area contributed by atoms with Crippen LogP contribution in [0.3, 0.4) is 0 Å². The average Bonchev–Trinajstić information content (AvgIpc) is 3.37. The van der Waals surface area contributed by atoms with Gasteiger partial charge in [-0.05, 0) is 62.2 Å². The molecule has 2 aliphatic heterocycles. The van der Waals surface area contributed by atoms with Crippen molar-refractivity contribution in [2.45, 2.75) is 26.8 Å². The normalized spacial score (nSPS) is 16.3. The molecular formula is C33H36BrN3O9S. The number of morpholine rings is 1. The number of rotatable bonds is 11. The van der Waals surface area contributed by atoms with Gasteiger partial charge in [-0.1, -0.05) is 33.3 Å². The number of aromatic nitrogens is 1. The highest BCUT2D eigenvalue weighted by atomic mass is 79.9. The number of methoxy groups -OCH3 is 2. The molecule has 47 heavy (non-hydrogen) atoms. The number of amides is 1. The second-order valence-corrected chi connectivity index (χ2v) is 12.3. The minimum absolute atomic E-state index is 0.135. The van der Waals surface area contributed by atoms with Gasteiger partial charge in [0.2, 0.25) is 0 Å². The number of carbonyl (C=O) groups excluding carboxylic acids is 2. The molecule has 0 unspecified atom stereocenters. The molecular weight excluding hydrogens is 694 g/mol. The van der Waals surface area contributed by atoms with E-state index < -0.39 is 12.0 Å². The molecule has 0 bridgehead atoms. The Hall–Kier alpha value is -4.14. The van der Waals surface area contributed by atoms with Gasteiger partial charge >= 0.3 is 5.97 Å². The van der Waals surface area contributed by atoms with E-state index in [1.165, 1.54) is 23.0 Å². The molecule has 1 amide bonds. The molecule has 3 heterocycles. The lowest BCUT2D eigenvalue weighted by atomic mass is 9.95. The van der Waals surface area contributed by atoms with Crippen LogP contribution in [0.25, 0.3) is 6.08 Å². The number of thiazole rings is 1. The molecule has 1 aromatic heterocycles. The molecule has 1 saturated heterocycles. The van der Waals surface area contributed by atoms with Crippen molar-refractivity contribution in [2.24, 2.45) is 4.99 Å². The summed E-state index contributed by atoms with van der Waals surface area (Å²) in [5, 5.41) is 0. The summed E-state index contributed by atoms with van der Waals surface area (Å²) < 4.78 is 35.9. The molecule has 14 heteroatoms. The van der Waals surface area contributed by atoms with E-state index in [0.29, 0.717) is 86.5 Å². The predicted molar refractivity (Wildman–Crippen MR) is 178 cm³/mol. The molecule has 0 aliphatic carbocycles. The predicted octanol–water partition coefficient (Wildman–Crippen LogP) is 3.21. The third-order valence-corrected chi connectivity index (χ3v) is 9.26. The van der Waals surface area contributed by atoms with Gasteiger partial charge in [-0.2, -0.15) is 0 Å². The SMILES string of the molecule is CCOC(=O)C1=C(C)N=c2s/c(=C/c3ccc(OCC(=O)N4CCOCC4)c(OC)c3)c(=O)n2[C@H]1c1cc(OCC)c(OC)cc1Br. The number of carbonyl (C=O) groups is 2. The number of hydrogen-bond donors (Lipinski definition) is 0. The first-order chi connectivity index (χ1) is 22.7. The van der Waals surface area contributed by atoms with Crippen molar-refractivity contribution in [3.8, 4) is 23.0 Å². The Balaban J connectivity index is 1.55. The molecule has 2 aromatic carbocycles. The summed E-state index contributed by atoms with van der Waals surface area (Å²) in [6.07, 6.45) is 1.73. The van der Waals surface area contributed by atoms with Gasteiger partial charge in [0.25, 0.3) is 11.5 Å². The maximum atomic E-state index is 14.2. The van der Waals surface area contributed by atoms with E-state index in [1.54, 1.807) is 62.3 Å². The molecule has 12 nitrogen and oxygen atoms in total. The minimum Gasteiger partial charge on any atom is -0.493 e. The lowest BCUT2D eigenvalue weighted by Crippen LogP contribution is -2.43. The molecule has 0 N–H and O–H groups in total. The fraction of sp³-hybridized carbons (Fsp3) is 0.394. The first-order valence-electron chi connectivity index (χ1n) is 15.1. The molecule has 2 aliphatic rings. The molecule has 0 radical (unpaired) electrons. The van der Waals surface area contributed by atoms with E-state index in [9.17, 15) is 14.4 Å². The maximum Gasteiger partial charge on any atom is 0.338 e. The van der Waals surface area contributed by atoms with Crippen molar-refractivity contribution < 1.29 is 38.0 Å². The number of halogens is 1. The first kappa shape index (κ1) is 34.2. The van der Waals surface area contributed by atoms with Gasteiger partial charge in [-0.15, -0.1) is 0 Å². The van der Waals surface area contributed by atoms with E-state index in [1.807, 2.05) is 6.92 Å². The maximum absolute atomic E-state index is 14.2. The van der Waals surface area contributed by atoms with E-state index in [0.717, 1.165) is 0 Å². The van der Waals surface area contributed by atoms with Crippen LogP contribution in [0, 0.1) is 0 Å². The van der Waals surface area contributed by atoms with Gasteiger partial charge in [0, 0.05) is 17.6 Å². The van der Waals surface area contributed by atoms with E-state index in [-0.39, 0.29) is 30.3 Å². The standard InChI is InChI=1S/C33H36BrN3O9S/c1-6-44-26-16-21(22(34)17-25(26)42-5)30-29(32(40)45-7-2)19(3)35-33-37(30)31(39)27(47-33)15-20-8-9-23(24(14-20)41-4)46-18-28(38)36-10-12-43-13-11-36/h8-9,14-17,30H,6-7,10-13,18H2,1-5H3/b27-15+/t30-/m0/s1. The Morgan fingerprint density at radius 2 is 1.74 bits per heavy atom. The quantitative estimate of drug-likeness (QED) is 0.274. The van der Waals surface area contributed by atoms with Gasteiger partial charge in [0.15, 0.2) is 34.4 Å². The van der Waals surface area contributed by atoms with Crippen LogP contribution in [0.4, 0.5) is 0 Å². The Morgan fingerprint density at radius 1 is 1.02 bits per heavy atom. The smallest absolute Gasteiger partial charge is 0.338 e. The largest absolute Gasteiger partial charge is 0.493 e. The fourth-order valence-corrected chi connectivity index (χ4v) is 6.95. The zero-order valence-electron chi connectivity index (χ0n) is 26.8. The summed E-state index contributed by atoms with van der Waals surface area (Å²) >= 11 is 4.83. The van der Waals surface area contributed by atoms with E-state index >= 15 is 0 Å². The van der Waals surface area contributed by atoms with Crippen LogP contribution in [0.2, 0.25) is 0 Å². The van der Waals surface area contributed by atoms with Gasteiger partial charge in [0.05, 0.1) is 62.5 Å². The molecule has 3 aromatic rings. The van der Waals surface area contributed by atoms with Gasteiger partial charge in [0.1, 0.15) is 0 Å². The van der Waals surface area contributed by atoms with Gasteiger partial charge in [-0.3, -0.25) is 14.2 Å². The summed E-state index contributed by atoms with van der Waals surface area (Å²) in [7, 11) is 3.05. The highest BCUT2D eigenvalue weighted by molar-refractivity contribution is 9.10. The third kappa shape index (κ3) is 7.24. The monoisotopic (exact) mass is 729 g/mol. The van der Waals surface area contributed by atoms with Crippen molar-refractivity contribution in [2.75, 3.05) is 60.3 Å². The summed E-state index contributed by atoms with van der Waals surface area (Å²) in [6, 6.07) is 7.85. The van der Waals surface area contributed by atoms with E-state index in [2.05, 4.69) is 20.9 Å². The minimum atomic E-state index is -0.860. The second kappa shape index (κ2) is 15.2. The average molecular weight is 731 g/mol. The van der Waals surface area contributed by atoms with Crippen molar-refractivity contribution in [1.29, 1.82) is 0 Å². The van der Waals surface area contributed by atoms with Crippen LogP contribution in [0.5, 0.6) is 23.0 Å². The zero-order valence-corrected chi connectivity index (χ0v) is 29.2. The number of allylic oxidation sites excluding steroid dienone is 1. The lowest BCUT2D eigenvalue weighted by molar-refractivity contribution is -0.139. The van der Waals surface area contributed by atoms with Crippen LogP contribution in [-0.2, 0) is 19.1 Å². The van der Waals surface area contributed by atoms with Crippen molar-refractivity contribution in [3.63, 3.8) is 0 Å². The number of fused-ring (bicyclic) bond motifs is 1. The third-order valence-electron chi connectivity index (χ3n) is 7.59. The zero-order chi connectivity index (χ0) is 33.7. The van der Waals surface area contributed by atoms with Crippen LogP contribution in [0.15, 0.2) is 55.9 Å². The van der Waals surface area contributed by atoms with Crippen LogP contribution >= 0.6 is 27.3 Å². The van der Waals surface area contributed by atoms with Crippen molar-refractivity contribution in [1.82, 2.24) is 9.47 Å². The number of hydrogen-bond acceptors (Lipinski definition) is 11. The molecule has 1 fully saturated rings. The lowest BCUT2D eigenvalue weighted by Gasteiger charge is -2.26. The highest BCUT2D eigenvalue weighted by Crippen LogP contribution is 2.41. The fourth-order valence-electron chi connectivity index (χ4n) is 5.36. The second-order valence-electron chi connectivity index (χ2n) is 10.5. The first-order valence-corrected chi connectivity index (χ1v) is 16.7. The number of ether oxygens (including phenoxy) is 6. The van der Waals surface area contributed by atoms with Crippen molar-refractivity contribution in [3.05, 3.63) is 76.9 Å². The van der Waals surface area contributed by atoms with Crippen molar-refractivity contribution >= 4 is 45.2 Å². The summed E-state index contributed by atoms with van der Waals surface area (Å²) in [5.41, 5.74) is 1.62. The molecule has 250 valence electrons. The number of nitrogens with zero attached hydrogens (tertiary/aromatic N) is 3. The molecule has 5 rings (SSSR count). The topological polar surface area (TPSA) is 127 Å². The Labute approximate surface area is 283 Å². The van der Waals surface area contributed by atoms with Gasteiger partial charge in [-0.25, -0.2) is 9.79 Å². The highest BCUT2D eigenvalue weighted by Gasteiger charge is 2.35. The van der Waals surface area contributed by atoms with Crippen LogP contribution in [0.1, 0.15) is 37.9 Å². The van der Waals surface area contributed by atoms with Gasteiger partial charge < -0.3 is 33.3 Å². The molecule has 0 saturated carbocycles. The van der Waals surface area contributed by atoms with E-state index in [4.69, 9.17) is 28.4 Å². The van der Waals surface area contributed by atoms with Crippen LogP contribution < -0.4 is 33.8 Å². The summed E-state index contributed by atoms with van der Waals surface area (Å²) in [4.78, 5) is 46.9. The summed E-state index contributed by atoms with van der Waals surface area (Å²) in [5.74, 6) is 1.07. The Morgan fingerprint density at radius 3 is 2.43 bits per heavy atom. The molecule has 1 atom stereocenters. The summed E-state index contributed by atoms with van der Waals surface area (Å²) in [6.45, 7) is 7.78. The number of benzene rings is 2. The number of esters is 1. The Bertz CT molecular complexity index is 1880.